The Labute approximate surface area is 168 Å². The molecule has 3 aromatic carbocycles. The molecule has 0 saturated heterocycles. The molecule has 0 heterocycles. The van der Waals surface area contributed by atoms with E-state index in [0.717, 1.165) is 11.1 Å². The Bertz CT molecular complexity index is 1120. The van der Waals surface area contributed by atoms with E-state index in [1.54, 1.807) is 49.4 Å². The van der Waals surface area contributed by atoms with Gasteiger partial charge < -0.3 is 14.9 Å². The number of carboxylic acids is 1. The number of hydrogen-bond acceptors (Lipinski definition) is 5. The molecule has 3 rings (SSSR count). The van der Waals surface area contributed by atoms with Crippen LogP contribution in [0.5, 0.6) is 11.5 Å². The monoisotopic (exact) mass is 412 g/mol. The highest BCUT2D eigenvalue weighted by molar-refractivity contribution is 7.92. The van der Waals surface area contributed by atoms with Gasteiger partial charge in [-0.3, -0.25) is 0 Å². The molecule has 0 aliphatic heterocycles. The van der Waals surface area contributed by atoms with Crippen molar-refractivity contribution in [2.45, 2.75) is 23.7 Å². The summed E-state index contributed by atoms with van der Waals surface area (Å²) >= 11 is 0. The summed E-state index contributed by atoms with van der Waals surface area (Å²) in [6.07, 6.45) is 0.0217. The highest BCUT2D eigenvalue weighted by atomic mass is 32.2. The van der Waals surface area contributed by atoms with Gasteiger partial charge >= 0.3 is 5.97 Å². The van der Waals surface area contributed by atoms with E-state index in [1.807, 2.05) is 6.07 Å². The standard InChI is InChI=1S/C22H20O6S/c1-15-7-5-10-17(13-15)29(26,27)20(14-16-8-3-2-4-9-16)28-19-12-6-11-18(21(19)23)22(24)25/h2-13,20,23H,14H2,1H3,(H,24,25). The van der Waals surface area contributed by atoms with Gasteiger partial charge in [-0.2, -0.15) is 0 Å². The van der Waals surface area contributed by atoms with Crippen LogP contribution in [0.25, 0.3) is 0 Å². The van der Waals surface area contributed by atoms with Gasteiger partial charge in [0.25, 0.3) is 0 Å². The van der Waals surface area contributed by atoms with Crippen LogP contribution in [0.15, 0.2) is 77.7 Å². The minimum absolute atomic E-state index is 0.0217. The van der Waals surface area contributed by atoms with E-state index in [1.165, 1.54) is 24.3 Å². The van der Waals surface area contributed by atoms with E-state index >= 15 is 0 Å². The van der Waals surface area contributed by atoms with Gasteiger partial charge in [0.05, 0.1) is 4.90 Å². The van der Waals surface area contributed by atoms with Gasteiger partial charge in [-0.1, -0.05) is 48.5 Å². The Morgan fingerprint density at radius 3 is 2.34 bits per heavy atom. The van der Waals surface area contributed by atoms with Gasteiger partial charge in [-0.05, 0) is 42.3 Å². The van der Waals surface area contributed by atoms with Gasteiger partial charge in [-0.15, -0.1) is 0 Å². The molecule has 150 valence electrons. The number of rotatable bonds is 7. The van der Waals surface area contributed by atoms with Crippen molar-refractivity contribution >= 4 is 15.8 Å². The molecule has 1 unspecified atom stereocenters. The zero-order valence-electron chi connectivity index (χ0n) is 15.6. The van der Waals surface area contributed by atoms with E-state index in [-0.39, 0.29) is 22.6 Å². The number of carboxylic acid groups (broad SMARTS) is 1. The molecule has 0 saturated carbocycles. The lowest BCUT2D eigenvalue weighted by Gasteiger charge is -2.21. The smallest absolute Gasteiger partial charge is 0.339 e. The second kappa shape index (κ2) is 8.36. The van der Waals surface area contributed by atoms with E-state index in [2.05, 4.69) is 0 Å². The molecule has 1 atom stereocenters. The van der Waals surface area contributed by atoms with Crippen LogP contribution < -0.4 is 4.74 Å². The van der Waals surface area contributed by atoms with Crippen LogP contribution in [0.4, 0.5) is 0 Å². The first kappa shape index (κ1) is 20.4. The molecule has 0 bridgehead atoms. The van der Waals surface area contributed by atoms with Crippen LogP contribution in [-0.4, -0.2) is 30.0 Å². The third kappa shape index (κ3) is 4.57. The van der Waals surface area contributed by atoms with E-state index in [0.29, 0.717) is 0 Å². The highest BCUT2D eigenvalue weighted by Gasteiger charge is 2.31. The minimum atomic E-state index is -3.95. The Morgan fingerprint density at radius 2 is 1.69 bits per heavy atom. The van der Waals surface area contributed by atoms with E-state index < -0.39 is 27.0 Å². The number of aromatic hydroxyl groups is 1. The second-order valence-corrected chi connectivity index (χ2v) is 8.64. The maximum absolute atomic E-state index is 13.3. The van der Waals surface area contributed by atoms with Crippen LogP contribution in [0.2, 0.25) is 0 Å². The summed E-state index contributed by atoms with van der Waals surface area (Å²) in [4.78, 5) is 11.4. The number of aromatic carboxylic acids is 1. The Kier molecular flexibility index (Phi) is 5.89. The predicted molar refractivity (Wildman–Crippen MR) is 108 cm³/mol. The molecule has 0 aliphatic rings. The third-order valence-electron chi connectivity index (χ3n) is 4.40. The van der Waals surface area contributed by atoms with Gasteiger partial charge in [0, 0.05) is 6.42 Å². The number of carbonyl (C=O) groups is 1. The fraction of sp³-hybridized carbons (Fsp3) is 0.136. The average Bonchev–Trinajstić information content (AvgIpc) is 2.69. The van der Waals surface area contributed by atoms with Gasteiger partial charge in [0.15, 0.2) is 11.5 Å². The molecular weight excluding hydrogens is 392 g/mol. The van der Waals surface area contributed by atoms with Gasteiger partial charge in [-0.25, -0.2) is 13.2 Å². The first-order valence-electron chi connectivity index (χ1n) is 8.85. The molecule has 0 spiro atoms. The largest absolute Gasteiger partial charge is 0.504 e. The van der Waals surface area contributed by atoms with Crippen molar-refractivity contribution in [1.82, 2.24) is 0 Å². The molecule has 3 aromatic rings. The zero-order valence-corrected chi connectivity index (χ0v) is 16.5. The van der Waals surface area contributed by atoms with E-state index in [9.17, 15) is 23.4 Å². The first-order chi connectivity index (χ1) is 13.8. The zero-order chi connectivity index (χ0) is 21.0. The van der Waals surface area contributed by atoms with Crippen LogP contribution in [0.3, 0.4) is 0 Å². The van der Waals surface area contributed by atoms with Crippen molar-refractivity contribution in [3.05, 3.63) is 89.5 Å². The van der Waals surface area contributed by atoms with Crippen LogP contribution in [0, 0.1) is 6.92 Å². The Morgan fingerprint density at radius 1 is 1.00 bits per heavy atom. The molecular formula is C22H20O6S. The molecule has 0 fully saturated rings. The SMILES string of the molecule is Cc1cccc(S(=O)(=O)C(Cc2ccccc2)Oc2cccc(C(=O)O)c2O)c1. The molecule has 0 radical (unpaired) electrons. The van der Waals surface area contributed by atoms with Crippen molar-refractivity contribution in [1.29, 1.82) is 0 Å². The Hall–Kier alpha value is -3.32. The van der Waals surface area contributed by atoms with Crippen LogP contribution in [-0.2, 0) is 16.3 Å². The normalized spacial score (nSPS) is 12.3. The fourth-order valence-electron chi connectivity index (χ4n) is 2.90. The van der Waals surface area contributed by atoms with E-state index in [4.69, 9.17) is 4.74 Å². The lowest BCUT2D eigenvalue weighted by Crippen LogP contribution is -2.30. The number of aryl methyl sites for hydroxylation is 1. The number of ether oxygens (including phenoxy) is 1. The number of phenols is 1. The predicted octanol–water partition coefficient (Wildman–Crippen LogP) is 3.82. The number of sulfone groups is 1. The van der Waals surface area contributed by atoms with Crippen LogP contribution >= 0.6 is 0 Å². The molecule has 6 nitrogen and oxygen atoms in total. The van der Waals surface area contributed by atoms with Crippen molar-refractivity contribution in [2.75, 3.05) is 0 Å². The summed E-state index contributed by atoms with van der Waals surface area (Å²) in [5, 5.41) is 19.4. The molecule has 0 aromatic heterocycles. The van der Waals surface area contributed by atoms with Gasteiger partial charge in [0.2, 0.25) is 15.3 Å². The molecule has 7 heteroatoms. The fourth-order valence-corrected chi connectivity index (χ4v) is 4.46. The molecule has 0 amide bonds. The van der Waals surface area contributed by atoms with Crippen molar-refractivity contribution in [3.8, 4) is 11.5 Å². The Balaban J connectivity index is 2.05. The number of para-hydroxylation sites is 1. The average molecular weight is 412 g/mol. The van der Waals surface area contributed by atoms with Gasteiger partial charge in [0.1, 0.15) is 5.56 Å². The molecule has 29 heavy (non-hydrogen) atoms. The molecule has 0 aliphatic carbocycles. The maximum Gasteiger partial charge on any atom is 0.339 e. The maximum atomic E-state index is 13.3. The second-order valence-electron chi connectivity index (χ2n) is 6.56. The third-order valence-corrected chi connectivity index (χ3v) is 6.26. The summed E-state index contributed by atoms with van der Waals surface area (Å²) in [5.41, 5.74) is -0.224. The summed E-state index contributed by atoms with van der Waals surface area (Å²) in [7, 11) is -3.95. The van der Waals surface area contributed by atoms with Crippen molar-refractivity contribution < 1.29 is 28.2 Å². The summed E-state index contributed by atoms with van der Waals surface area (Å²) in [6.45, 7) is 1.79. The number of hydrogen-bond donors (Lipinski definition) is 2. The topological polar surface area (TPSA) is 101 Å². The minimum Gasteiger partial charge on any atom is -0.504 e. The summed E-state index contributed by atoms with van der Waals surface area (Å²) in [6, 6.07) is 19.3. The quantitative estimate of drug-likeness (QED) is 0.612. The summed E-state index contributed by atoms with van der Waals surface area (Å²) in [5.74, 6) is -2.16. The van der Waals surface area contributed by atoms with Crippen LogP contribution in [0.1, 0.15) is 21.5 Å². The van der Waals surface area contributed by atoms with Crippen molar-refractivity contribution in [3.63, 3.8) is 0 Å². The lowest BCUT2D eigenvalue weighted by molar-refractivity contribution is 0.0692. The first-order valence-corrected chi connectivity index (χ1v) is 10.4. The summed E-state index contributed by atoms with van der Waals surface area (Å²) < 4.78 is 32.3. The molecule has 2 N–H and O–H groups in total. The van der Waals surface area contributed by atoms with Crippen molar-refractivity contribution in [2.24, 2.45) is 0 Å². The highest BCUT2D eigenvalue weighted by Crippen LogP contribution is 2.33. The number of benzene rings is 3. The lowest BCUT2D eigenvalue weighted by atomic mass is 10.1.